The van der Waals surface area contributed by atoms with Gasteiger partial charge in [-0.3, -0.25) is 48.2 Å². The van der Waals surface area contributed by atoms with Crippen molar-refractivity contribution in [3.05, 3.63) is 70.6 Å². The molecule has 0 spiro atoms. The van der Waals surface area contributed by atoms with Crippen LogP contribution in [0.15, 0.2) is 53.2 Å². The third-order valence-electron chi connectivity index (χ3n) is 13.3. The zero-order chi connectivity index (χ0) is 52.8. The lowest BCUT2D eigenvalue weighted by Gasteiger charge is -2.29. The van der Waals surface area contributed by atoms with E-state index in [1.54, 1.807) is 42.0 Å². The number of nitrogens with zero attached hydrogens (tertiary/aromatic N) is 5. The van der Waals surface area contributed by atoms with Gasteiger partial charge in [0.1, 0.15) is 17.9 Å². The van der Waals surface area contributed by atoms with E-state index < -0.39 is 47.8 Å². The van der Waals surface area contributed by atoms with Gasteiger partial charge in [-0.2, -0.15) is 0 Å². The first kappa shape index (κ1) is 54.8. The third kappa shape index (κ3) is 14.6. The average Bonchev–Trinajstić information content (AvgIpc) is 4.14. The number of carbonyl (C=O) groups is 9. The molecular weight excluding hydrogens is 941 g/mol. The number of nitrogens with two attached hydrogens (primary N) is 2. The molecule has 1 aromatic heterocycles. The Balaban J connectivity index is 1.03. The molecule has 22 heteroatoms. The van der Waals surface area contributed by atoms with Gasteiger partial charge in [0, 0.05) is 87.5 Å². The number of primary amides is 1. The number of unbranched alkanes of at least 4 members (excludes halogenated alkanes) is 2. The maximum absolute atomic E-state index is 14.0. The number of rotatable bonds is 25. The van der Waals surface area contributed by atoms with Crippen molar-refractivity contribution < 1.29 is 48.3 Å². The summed E-state index contributed by atoms with van der Waals surface area (Å²) in [5.74, 6) is -3.33. The number of aliphatic hydroxyl groups excluding tert-OH is 1. The highest BCUT2D eigenvalue weighted by Gasteiger charge is 2.51. The maximum Gasteiger partial charge on any atom is 0.312 e. The second-order valence-electron chi connectivity index (χ2n) is 19.1. The molecule has 4 heterocycles. The van der Waals surface area contributed by atoms with Crippen LogP contribution in [0.4, 0.5) is 16.2 Å². The zero-order valence-corrected chi connectivity index (χ0v) is 41.8. The lowest BCUT2D eigenvalue weighted by atomic mass is 9.92. The molecule has 3 aliphatic heterocycles. The number of amides is 10. The molecule has 4 aliphatic rings. The van der Waals surface area contributed by atoms with Crippen LogP contribution in [0.1, 0.15) is 107 Å². The topological polar surface area (TPSA) is 321 Å². The van der Waals surface area contributed by atoms with Crippen molar-refractivity contribution in [2.24, 2.45) is 22.4 Å². The van der Waals surface area contributed by atoms with E-state index in [2.05, 4.69) is 36.6 Å². The van der Waals surface area contributed by atoms with Crippen LogP contribution >= 0.6 is 0 Å². The number of aliphatic imine (C=N–C) groups is 1. The molecule has 392 valence electrons. The van der Waals surface area contributed by atoms with Crippen molar-refractivity contribution in [3.63, 3.8) is 0 Å². The summed E-state index contributed by atoms with van der Waals surface area (Å²) in [4.78, 5) is 130. The molecular formula is C51H68N12O10. The van der Waals surface area contributed by atoms with Crippen molar-refractivity contribution in [1.82, 2.24) is 41.0 Å². The van der Waals surface area contributed by atoms with Crippen LogP contribution in [-0.4, -0.2) is 142 Å². The number of amidine groups is 1. The lowest BCUT2D eigenvalue weighted by Crippen LogP contribution is -2.56. The molecule has 10 N–H and O–H groups in total. The number of hydrogen-bond acceptors (Lipinski definition) is 13. The van der Waals surface area contributed by atoms with Crippen LogP contribution in [0.3, 0.4) is 0 Å². The van der Waals surface area contributed by atoms with Gasteiger partial charge in [-0.05, 0) is 80.2 Å². The van der Waals surface area contributed by atoms with E-state index >= 15 is 0 Å². The number of imide groups is 1. The number of fused-ring (bicyclic) bond motifs is 2. The van der Waals surface area contributed by atoms with Gasteiger partial charge in [-0.1, -0.05) is 39.3 Å². The van der Waals surface area contributed by atoms with Crippen molar-refractivity contribution in [1.29, 1.82) is 0 Å². The van der Waals surface area contributed by atoms with E-state index in [9.17, 15) is 48.3 Å². The molecule has 0 bridgehead atoms. The van der Waals surface area contributed by atoms with Crippen LogP contribution in [0.25, 0.3) is 6.08 Å². The highest BCUT2D eigenvalue weighted by atomic mass is 16.3. The van der Waals surface area contributed by atoms with E-state index in [4.69, 9.17) is 11.5 Å². The molecule has 1 aromatic carbocycles. The van der Waals surface area contributed by atoms with Crippen LogP contribution in [-0.2, 0) is 56.7 Å². The Bertz CT molecular complexity index is 2530. The fourth-order valence-electron chi connectivity index (χ4n) is 9.07. The quantitative estimate of drug-likeness (QED) is 0.0516. The van der Waals surface area contributed by atoms with Gasteiger partial charge in [0.25, 0.3) is 11.8 Å². The summed E-state index contributed by atoms with van der Waals surface area (Å²) in [5, 5.41) is 23.1. The summed E-state index contributed by atoms with van der Waals surface area (Å²) < 4.78 is 0. The molecule has 22 nitrogen and oxygen atoms in total. The average molecular weight is 1010 g/mol. The van der Waals surface area contributed by atoms with E-state index in [0.717, 1.165) is 28.1 Å². The number of pyridine rings is 1. The standard InChI is InChI=1S/C51H68N12O10/c1-4-19-61(22-23-64)48(71)33-24-32-11-12-35(27-39(32)58-40(52)26-33)51(16-17-51)49(72)57-36-25-34-30-62(21-15-37(34)55-28-36)44(68)29-56-46(69)38(9-8-18-54-50(53)73)59-47(70)45(31(2)3)60-41(65)10-6-5-7-20-63-42(66)13-14-43(63)67/h11-14,24-25,27-28,31,38,45,64H,4-10,15-23,26,29-30H2,1-3H3,(H2,52,58)(H,56,69)(H,57,72)(H,59,70)(H,60,65)(H3,53,54,73). The number of anilines is 1. The first-order chi connectivity index (χ1) is 34.9. The maximum atomic E-state index is 14.0. The molecule has 2 aromatic rings. The number of aromatic nitrogens is 1. The largest absolute Gasteiger partial charge is 0.395 e. The molecule has 73 heavy (non-hydrogen) atoms. The molecule has 2 atom stereocenters. The van der Waals surface area contributed by atoms with E-state index in [1.807, 2.05) is 25.1 Å². The normalized spacial score (nSPS) is 16.2. The molecule has 1 aliphatic carbocycles. The number of carbonyl (C=O) groups excluding carboxylic acids is 9. The van der Waals surface area contributed by atoms with Gasteiger partial charge in [0.2, 0.25) is 35.4 Å². The van der Waals surface area contributed by atoms with Crippen molar-refractivity contribution in [3.8, 4) is 0 Å². The molecule has 0 radical (unpaired) electrons. The monoisotopic (exact) mass is 1010 g/mol. The smallest absolute Gasteiger partial charge is 0.312 e. The predicted octanol–water partition coefficient (Wildman–Crippen LogP) is 1.32. The van der Waals surface area contributed by atoms with Crippen LogP contribution in [0.2, 0.25) is 0 Å². The van der Waals surface area contributed by atoms with Crippen molar-refractivity contribution in [2.75, 3.05) is 51.2 Å². The van der Waals surface area contributed by atoms with Gasteiger partial charge in [-0.15, -0.1) is 0 Å². The summed E-state index contributed by atoms with van der Waals surface area (Å²) in [6, 6.07) is 4.43. The van der Waals surface area contributed by atoms with Crippen molar-refractivity contribution in [2.45, 2.75) is 115 Å². The minimum Gasteiger partial charge on any atom is -0.395 e. The number of aliphatic hydroxyl groups is 1. The number of hydrogen-bond donors (Lipinski definition) is 8. The van der Waals surface area contributed by atoms with Gasteiger partial charge >= 0.3 is 6.03 Å². The van der Waals surface area contributed by atoms with Crippen LogP contribution in [0, 0.1) is 5.92 Å². The first-order valence-electron chi connectivity index (χ1n) is 25.0. The molecule has 2 unspecified atom stereocenters. The Morgan fingerprint density at radius 3 is 2.37 bits per heavy atom. The minimum atomic E-state index is -1.14. The Morgan fingerprint density at radius 2 is 1.68 bits per heavy atom. The summed E-state index contributed by atoms with van der Waals surface area (Å²) >= 11 is 0. The molecule has 1 saturated carbocycles. The van der Waals surface area contributed by atoms with Gasteiger partial charge in [0.05, 0.1) is 36.1 Å². The summed E-state index contributed by atoms with van der Waals surface area (Å²) in [7, 11) is 0. The van der Waals surface area contributed by atoms with Crippen LogP contribution in [0.5, 0.6) is 0 Å². The molecule has 0 saturated heterocycles. The highest BCUT2D eigenvalue weighted by molar-refractivity contribution is 6.13. The Labute approximate surface area is 424 Å². The SMILES string of the molecule is CCCN(CCO)C(=O)C1=Cc2ccc(C3(C(=O)Nc4cnc5c(c4)CN(C(=O)CNC(=O)C(CCCNC(N)=O)NC(=O)C(NC(=O)CCCCCN4C(=O)C=CC4=O)C(C)C)CC5)CC3)cc2N=C(N)C1. The van der Waals surface area contributed by atoms with E-state index in [1.165, 1.54) is 12.2 Å². The predicted molar refractivity (Wildman–Crippen MR) is 270 cm³/mol. The summed E-state index contributed by atoms with van der Waals surface area (Å²) in [5.41, 5.74) is 15.1. The Hall–Kier alpha value is -7.49. The second kappa shape index (κ2) is 25.3. The Morgan fingerprint density at radius 1 is 0.932 bits per heavy atom. The number of urea groups is 1. The zero-order valence-electron chi connectivity index (χ0n) is 41.8. The summed E-state index contributed by atoms with van der Waals surface area (Å²) in [6.45, 7) is 6.44. The van der Waals surface area contributed by atoms with Crippen molar-refractivity contribution >= 4 is 76.6 Å². The number of nitrogens with one attached hydrogen (secondary N) is 5. The molecule has 10 amide bonds. The summed E-state index contributed by atoms with van der Waals surface area (Å²) in [6.07, 6.45) is 10.2. The fourth-order valence-corrected chi connectivity index (χ4v) is 9.07. The first-order valence-corrected chi connectivity index (χ1v) is 25.0. The lowest BCUT2D eigenvalue weighted by molar-refractivity contribution is -0.137. The fraction of sp³-hybridized carbons (Fsp3) is 0.510. The van der Waals surface area contributed by atoms with Gasteiger partial charge in [0.15, 0.2) is 0 Å². The number of benzene rings is 1. The Kier molecular flexibility index (Phi) is 19.0. The second-order valence-corrected chi connectivity index (χ2v) is 19.1. The van der Waals surface area contributed by atoms with E-state index in [-0.39, 0.29) is 99.8 Å². The minimum absolute atomic E-state index is 0.0706. The molecule has 6 rings (SSSR count). The van der Waals surface area contributed by atoms with E-state index in [0.29, 0.717) is 74.1 Å². The highest BCUT2D eigenvalue weighted by Crippen LogP contribution is 2.50. The van der Waals surface area contributed by atoms with Gasteiger partial charge in [-0.25, -0.2) is 9.79 Å². The molecule has 1 fully saturated rings. The third-order valence-corrected chi connectivity index (χ3v) is 13.3. The van der Waals surface area contributed by atoms with Crippen LogP contribution < -0.4 is 38.1 Å². The van der Waals surface area contributed by atoms with Gasteiger partial charge < -0.3 is 53.0 Å².